The summed E-state index contributed by atoms with van der Waals surface area (Å²) in [6, 6.07) is 4.05. The van der Waals surface area contributed by atoms with E-state index >= 15 is 0 Å². The molecule has 1 rings (SSSR count). The highest BCUT2D eigenvalue weighted by atomic mass is 35.5. The second-order valence-electron chi connectivity index (χ2n) is 2.05. The molecular formula is C7H6ClNO2. The van der Waals surface area contributed by atoms with Crippen molar-refractivity contribution in [3.8, 4) is 5.75 Å². The van der Waals surface area contributed by atoms with Crippen LogP contribution in [0.5, 0.6) is 5.75 Å². The Bertz CT molecular complexity index is 298. The first-order chi connectivity index (χ1) is 5.11. The number of hydrogen-bond donors (Lipinski definition) is 2. The normalized spacial score (nSPS) is 9.55. The van der Waals surface area contributed by atoms with Crippen molar-refractivity contribution in [2.45, 2.75) is 0 Å². The fraction of sp³-hybridized carbons (Fsp3) is 0. The Hall–Kier alpha value is -1.22. The van der Waals surface area contributed by atoms with Crippen LogP contribution in [0.1, 0.15) is 10.4 Å². The molecule has 0 aliphatic heterocycles. The molecule has 0 radical (unpaired) electrons. The van der Waals surface area contributed by atoms with Gasteiger partial charge in [-0.3, -0.25) is 4.79 Å². The minimum absolute atomic E-state index is 0.0494. The van der Waals surface area contributed by atoms with E-state index in [0.29, 0.717) is 0 Å². The van der Waals surface area contributed by atoms with Crippen molar-refractivity contribution in [1.29, 1.82) is 0 Å². The number of aromatic hydroxyl groups is 1. The van der Waals surface area contributed by atoms with Crippen LogP contribution in [0.2, 0.25) is 0 Å². The van der Waals surface area contributed by atoms with Crippen molar-refractivity contribution >= 4 is 22.5 Å². The number of halogens is 1. The Balaban J connectivity index is 3.15. The average molecular weight is 172 g/mol. The molecule has 0 aliphatic carbocycles. The second-order valence-corrected chi connectivity index (χ2v) is 2.39. The summed E-state index contributed by atoms with van der Waals surface area (Å²) in [5.41, 5.74) is 5.73. The van der Waals surface area contributed by atoms with Gasteiger partial charge in [0.15, 0.2) is 0 Å². The molecule has 3 N–H and O–H groups in total. The monoisotopic (exact) mass is 171 g/mol. The molecule has 0 saturated carbocycles. The lowest BCUT2D eigenvalue weighted by atomic mass is 10.2. The van der Waals surface area contributed by atoms with Gasteiger partial charge in [-0.05, 0) is 29.8 Å². The zero-order valence-corrected chi connectivity index (χ0v) is 6.30. The van der Waals surface area contributed by atoms with Gasteiger partial charge in [0.1, 0.15) is 5.75 Å². The number of hydrogen-bond acceptors (Lipinski definition) is 3. The molecule has 0 saturated heterocycles. The third-order valence-electron chi connectivity index (χ3n) is 1.25. The van der Waals surface area contributed by atoms with Gasteiger partial charge in [0.2, 0.25) is 0 Å². The van der Waals surface area contributed by atoms with E-state index in [9.17, 15) is 4.79 Å². The van der Waals surface area contributed by atoms with Gasteiger partial charge >= 0.3 is 0 Å². The number of rotatable bonds is 1. The number of anilines is 1. The summed E-state index contributed by atoms with van der Waals surface area (Å²) >= 11 is 5.15. The van der Waals surface area contributed by atoms with Crippen LogP contribution >= 0.6 is 11.6 Å². The van der Waals surface area contributed by atoms with E-state index in [-0.39, 0.29) is 17.0 Å². The number of nitrogen functional groups attached to an aromatic ring is 1. The smallest absolute Gasteiger partial charge is 0.252 e. The first kappa shape index (κ1) is 7.88. The van der Waals surface area contributed by atoms with E-state index in [1.807, 2.05) is 0 Å². The molecule has 0 bridgehead atoms. The molecule has 3 nitrogen and oxygen atoms in total. The summed E-state index contributed by atoms with van der Waals surface area (Å²) < 4.78 is 0. The Labute approximate surface area is 68.4 Å². The maximum atomic E-state index is 10.5. The van der Waals surface area contributed by atoms with E-state index in [1.54, 1.807) is 0 Å². The summed E-state index contributed by atoms with van der Waals surface area (Å²) in [5.74, 6) is -0.0494. The number of nitrogens with two attached hydrogens (primary N) is 1. The molecule has 0 amide bonds. The Morgan fingerprint density at radius 3 is 2.64 bits per heavy atom. The topological polar surface area (TPSA) is 63.3 Å². The van der Waals surface area contributed by atoms with Crippen LogP contribution in [0.15, 0.2) is 18.2 Å². The lowest BCUT2D eigenvalue weighted by molar-refractivity contribution is 0.108. The fourth-order valence-corrected chi connectivity index (χ4v) is 0.794. The van der Waals surface area contributed by atoms with Gasteiger partial charge in [-0.2, -0.15) is 0 Å². The first-order valence-corrected chi connectivity index (χ1v) is 3.27. The molecule has 11 heavy (non-hydrogen) atoms. The van der Waals surface area contributed by atoms with Crippen LogP contribution in [0, 0.1) is 0 Å². The van der Waals surface area contributed by atoms with Crippen molar-refractivity contribution in [3.05, 3.63) is 23.8 Å². The lowest BCUT2D eigenvalue weighted by Gasteiger charge is -1.98. The molecule has 0 aliphatic rings. The number of benzene rings is 1. The van der Waals surface area contributed by atoms with Crippen molar-refractivity contribution < 1.29 is 9.90 Å². The first-order valence-electron chi connectivity index (χ1n) is 2.89. The van der Waals surface area contributed by atoms with Gasteiger partial charge < -0.3 is 10.8 Å². The summed E-state index contributed by atoms with van der Waals surface area (Å²) in [7, 11) is 0. The minimum Gasteiger partial charge on any atom is -0.506 e. The molecule has 4 heteroatoms. The second kappa shape index (κ2) is 2.80. The van der Waals surface area contributed by atoms with Gasteiger partial charge in [-0.15, -0.1) is 0 Å². The molecule has 1 aromatic rings. The van der Waals surface area contributed by atoms with Gasteiger partial charge in [0.05, 0.1) is 5.69 Å². The average Bonchev–Trinajstić information content (AvgIpc) is 1.94. The van der Waals surface area contributed by atoms with Crippen LogP contribution in [-0.4, -0.2) is 10.3 Å². The predicted molar refractivity (Wildman–Crippen MR) is 42.7 cm³/mol. The SMILES string of the molecule is Nc1cc(C(=O)Cl)ccc1O. The van der Waals surface area contributed by atoms with Crippen LogP contribution in [0.3, 0.4) is 0 Å². The van der Waals surface area contributed by atoms with Gasteiger partial charge in [0, 0.05) is 5.56 Å². The van der Waals surface area contributed by atoms with Crippen molar-refractivity contribution in [2.75, 3.05) is 5.73 Å². The van der Waals surface area contributed by atoms with Crippen LogP contribution < -0.4 is 5.73 Å². The highest BCUT2D eigenvalue weighted by Crippen LogP contribution is 2.20. The Morgan fingerprint density at radius 1 is 1.55 bits per heavy atom. The van der Waals surface area contributed by atoms with E-state index < -0.39 is 5.24 Å². The molecular weight excluding hydrogens is 166 g/mol. The van der Waals surface area contributed by atoms with Crippen molar-refractivity contribution in [3.63, 3.8) is 0 Å². The summed E-state index contributed by atoms with van der Waals surface area (Å²) in [4.78, 5) is 10.5. The fourth-order valence-electron chi connectivity index (χ4n) is 0.677. The third-order valence-corrected chi connectivity index (χ3v) is 1.47. The highest BCUT2D eigenvalue weighted by molar-refractivity contribution is 6.67. The Morgan fingerprint density at radius 2 is 2.18 bits per heavy atom. The Kier molecular flexibility index (Phi) is 2.01. The van der Waals surface area contributed by atoms with Gasteiger partial charge in [-0.1, -0.05) is 0 Å². The van der Waals surface area contributed by atoms with Crippen LogP contribution in [0.4, 0.5) is 5.69 Å². The number of phenols is 1. The maximum absolute atomic E-state index is 10.5. The number of carbonyl (C=O) groups excluding carboxylic acids is 1. The molecule has 0 fully saturated rings. The number of phenolic OH excluding ortho intramolecular Hbond substituents is 1. The zero-order valence-electron chi connectivity index (χ0n) is 5.54. The molecule has 0 spiro atoms. The zero-order chi connectivity index (χ0) is 8.43. The molecule has 1 aromatic carbocycles. The highest BCUT2D eigenvalue weighted by Gasteiger charge is 2.03. The lowest BCUT2D eigenvalue weighted by Crippen LogP contribution is -1.92. The van der Waals surface area contributed by atoms with Crippen LogP contribution in [0.25, 0.3) is 0 Å². The molecule has 0 unspecified atom stereocenters. The minimum atomic E-state index is -0.586. The van der Waals surface area contributed by atoms with E-state index in [4.69, 9.17) is 22.4 Å². The van der Waals surface area contributed by atoms with E-state index in [2.05, 4.69) is 0 Å². The standard InChI is InChI=1S/C7H6ClNO2/c8-7(11)4-1-2-6(10)5(9)3-4/h1-3,10H,9H2. The number of carbonyl (C=O) groups is 1. The summed E-state index contributed by atoms with van der Waals surface area (Å²) in [5, 5.41) is 8.36. The molecule has 58 valence electrons. The summed E-state index contributed by atoms with van der Waals surface area (Å²) in [6.45, 7) is 0. The quantitative estimate of drug-likeness (QED) is 0.381. The van der Waals surface area contributed by atoms with E-state index in [1.165, 1.54) is 18.2 Å². The predicted octanol–water partition coefficient (Wildman–Crippen LogP) is 1.35. The summed E-state index contributed by atoms with van der Waals surface area (Å²) in [6.07, 6.45) is 0. The largest absolute Gasteiger partial charge is 0.506 e. The third kappa shape index (κ3) is 1.62. The molecule has 0 aromatic heterocycles. The maximum Gasteiger partial charge on any atom is 0.252 e. The molecule has 0 atom stereocenters. The van der Waals surface area contributed by atoms with Gasteiger partial charge in [-0.25, -0.2) is 0 Å². The van der Waals surface area contributed by atoms with Crippen molar-refractivity contribution in [1.82, 2.24) is 0 Å². The molecule has 0 heterocycles. The van der Waals surface area contributed by atoms with Crippen molar-refractivity contribution in [2.24, 2.45) is 0 Å². The van der Waals surface area contributed by atoms with Crippen LogP contribution in [-0.2, 0) is 0 Å². The van der Waals surface area contributed by atoms with Gasteiger partial charge in [0.25, 0.3) is 5.24 Å². The van der Waals surface area contributed by atoms with E-state index in [0.717, 1.165) is 0 Å².